The molecule has 0 unspecified atom stereocenters. The summed E-state index contributed by atoms with van der Waals surface area (Å²) in [7, 11) is 0. The van der Waals surface area contributed by atoms with Crippen molar-refractivity contribution in [3.8, 4) is 0 Å². The second kappa shape index (κ2) is 3.14. The van der Waals surface area contributed by atoms with Gasteiger partial charge in [-0.25, -0.2) is 0 Å². The maximum atomic E-state index is 10.2. The van der Waals surface area contributed by atoms with Crippen molar-refractivity contribution in [2.24, 2.45) is 0 Å². The van der Waals surface area contributed by atoms with Crippen LogP contribution in [0.3, 0.4) is 0 Å². The van der Waals surface area contributed by atoms with Gasteiger partial charge < -0.3 is 9.90 Å². The topological polar surface area (TPSA) is 53.0 Å². The average Bonchev–Trinajstić information content (AvgIpc) is 2.05. The number of carbonyl (C=O) groups excluding carboxylic acids is 1. The van der Waals surface area contributed by atoms with Crippen LogP contribution in [0.1, 0.15) is 23.0 Å². The summed E-state index contributed by atoms with van der Waals surface area (Å²) in [6.07, 6.45) is 2.41. The van der Waals surface area contributed by atoms with Crippen LogP contribution >= 0.6 is 0 Å². The van der Waals surface area contributed by atoms with Crippen LogP contribution in [-0.4, -0.2) is 11.0 Å². The summed E-state index contributed by atoms with van der Waals surface area (Å²) in [4.78, 5) is 13.9. The molecule has 0 atom stereocenters. The third kappa shape index (κ3) is 1.77. The standard InChI is InChI=1S/C8H9NO2/c1-2-6-3-4-7(8(10)11)9-5-6/h3-5H,2H2,1H3,(H,10,11)/p-1. The minimum Gasteiger partial charge on any atom is -0.543 e. The molecule has 0 aliphatic heterocycles. The Morgan fingerprint density at radius 2 is 2.36 bits per heavy atom. The van der Waals surface area contributed by atoms with Gasteiger partial charge in [0.05, 0.1) is 11.7 Å². The lowest BCUT2D eigenvalue weighted by molar-refractivity contribution is -0.255. The van der Waals surface area contributed by atoms with E-state index in [1.807, 2.05) is 6.92 Å². The lowest BCUT2D eigenvalue weighted by Crippen LogP contribution is -2.23. The van der Waals surface area contributed by atoms with Crippen molar-refractivity contribution >= 4 is 5.97 Å². The first-order valence-corrected chi connectivity index (χ1v) is 3.40. The molecule has 3 heteroatoms. The molecular formula is C8H8NO2-. The number of carbonyl (C=O) groups is 1. The number of hydrogen-bond acceptors (Lipinski definition) is 3. The fourth-order valence-corrected chi connectivity index (χ4v) is 0.754. The molecule has 0 aromatic carbocycles. The summed E-state index contributed by atoms with van der Waals surface area (Å²) in [5, 5.41) is 10.2. The molecule has 0 saturated carbocycles. The molecule has 3 nitrogen and oxygen atoms in total. The first-order chi connectivity index (χ1) is 5.24. The number of nitrogens with zero attached hydrogens (tertiary/aromatic N) is 1. The van der Waals surface area contributed by atoms with Crippen molar-refractivity contribution in [1.82, 2.24) is 4.98 Å². The quantitative estimate of drug-likeness (QED) is 0.596. The van der Waals surface area contributed by atoms with Gasteiger partial charge in [0, 0.05) is 6.20 Å². The Bertz CT molecular complexity index is 253. The van der Waals surface area contributed by atoms with E-state index in [0.717, 1.165) is 12.0 Å². The largest absolute Gasteiger partial charge is 0.543 e. The molecule has 0 fully saturated rings. The van der Waals surface area contributed by atoms with Gasteiger partial charge in [0.15, 0.2) is 0 Å². The Kier molecular flexibility index (Phi) is 2.21. The molecule has 0 aliphatic rings. The number of carboxylic acids is 1. The molecule has 1 rings (SSSR count). The van der Waals surface area contributed by atoms with Crippen molar-refractivity contribution < 1.29 is 9.90 Å². The number of hydrogen-bond donors (Lipinski definition) is 0. The second-order valence-corrected chi connectivity index (χ2v) is 2.19. The van der Waals surface area contributed by atoms with Gasteiger partial charge in [0.25, 0.3) is 0 Å². The van der Waals surface area contributed by atoms with Gasteiger partial charge in [-0.3, -0.25) is 4.98 Å². The van der Waals surface area contributed by atoms with Crippen LogP contribution in [0, 0.1) is 0 Å². The zero-order chi connectivity index (χ0) is 8.27. The maximum absolute atomic E-state index is 10.2. The van der Waals surface area contributed by atoms with Crippen LogP contribution in [0.5, 0.6) is 0 Å². The van der Waals surface area contributed by atoms with E-state index in [-0.39, 0.29) is 5.69 Å². The second-order valence-electron chi connectivity index (χ2n) is 2.19. The van der Waals surface area contributed by atoms with Gasteiger partial charge in [-0.2, -0.15) is 0 Å². The van der Waals surface area contributed by atoms with Gasteiger partial charge in [-0.1, -0.05) is 13.0 Å². The zero-order valence-electron chi connectivity index (χ0n) is 6.20. The van der Waals surface area contributed by atoms with E-state index in [1.165, 1.54) is 6.07 Å². The zero-order valence-corrected chi connectivity index (χ0v) is 6.20. The lowest BCUT2D eigenvalue weighted by atomic mass is 10.2. The molecule has 11 heavy (non-hydrogen) atoms. The normalized spacial score (nSPS) is 9.55. The monoisotopic (exact) mass is 150 g/mol. The third-order valence-corrected chi connectivity index (χ3v) is 1.44. The molecule has 0 saturated heterocycles. The van der Waals surface area contributed by atoms with E-state index < -0.39 is 5.97 Å². The highest BCUT2D eigenvalue weighted by molar-refractivity contribution is 5.83. The van der Waals surface area contributed by atoms with Crippen molar-refractivity contribution in [2.45, 2.75) is 13.3 Å². The van der Waals surface area contributed by atoms with Gasteiger partial charge in [0.2, 0.25) is 0 Å². The molecule has 58 valence electrons. The first-order valence-electron chi connectivity index (χ1n) is 3.40. The highest BCUT2D eigenvalue weighted by Gasteiger charge is 1.93. The summed E-state index contributed by atoms with van der Waals surface area (Å²) < 4.78 is 0. The van der Waals surface area contributed by atoms with Gasteiger partial charge in [-0.05, 0) is 18.1 Å². The van der Waals surface area contributed by atoms with E-state index >= 15 is 0 Å². The van der Waals surface area contributed by atoms with Gasteiger partial charge in [-0.15, -0.1) is 0 Å². The molecule has 0 aliphatic carbocycles. The maximum Gasteiger partial charge on any atom is 0.0899 e. The minimum atomic E-state index is -1.23. The predicted octanol–water partition coefficient (Wildman–Crippen LogP) is 0.00750. The molecule has 1 aromatic heterocycles. The highest BCUT2D eigenvalue weighted by Crippen LogP contribution is 1.99. The van der Waals surface area contributed by atoms with Crippen LogP contribution < -0.4 is 5.11 Å². The smallest absolute Gasteiger partial charge is 0.0899 e. The molecule has 0 bridgehead atoms. The minimum absolute atomic E-state index is 0.0119. The Balaban J connectivity index is 2.91. The first kappa shape index (κ1) is 7.72. The molecule has 0 radical (unpaired) electrons. The lowest BCUT2D eigenvalue weighted by Gasteiger charge is -2.00. The van der Waals surface area contributed by atoms with Crippen LogP contribution in [0.25, 0.3) is 0 Å². The summed E-state index contributed by atoms with van der Waals surface area (Å²) in [6, 6.07) is 3.19. The van der Waals surface area contributed by atoms with Crippen LogP contribution in [0.15, 0.2) is 18.3 Å². The number of aryl methyl sites for hydroxylation is 1. The molecular weight excluding hydrogens is 142 g/mol. The highest BCUT2D eigenvalue weighted by atomic mass is 16.4. The Hall–Kier alpha value is -1.38. The van der Waals surface area contributed by atoms with Crippen LogP contribution in [0.2, 0.25) is 0 Å². The fraction of sp³-hybridized carbons (Fsp3) is 0.250. The summed E-state index contributed by atoms with van der Waals surface area (Å²) >= 11 is 0. The Morgan fingerprint density at radius 1 is 1.64 bits per heavy atom. The number of pyridine rings is 1. The van der Waals surface area contributed by atoms with Crippen LogP contribution in [0.4, 0.5) is 0 Å². The van der Waals surface area contributed by atoms with Crippen molar-refractivity contribution in [1.29, 1.82) is 0 Å². The summed E-state index contributed by atoms with van der Waals surface area (Å²) in [6.45, 7) is 1.98. The van der Waals surface area contributed by atoms with E-state index in [2.05, 4.69) is 4.98 Å². The number of aromatic nitrogens is 1. The molecule has 0 spiro atoms. The number of carboxylic acid groups (broad SMARTS) is 1. The molecule has 0 N–H and O–H groups in total. The van der Waals surface area contributed by atoms with E-state index in [0.29, 0.717) is 0 Å². The van der Waals surface area contributed by atoms with E-state index in [4.69, 9.17) is 0 Å². The van der Waals surface area contributed by atoms with Gasteiger partial charge >= 0.3 is 0 Å². The SMILES string of the molecule is CCc1ccc(C(=O)[O-])nc1. The van der Waals surface area contributed by atoms with E-state index in [9.17, 15) is 9.90 Å². The number of rotatable bonds is 2. The van der Waals surface area contributed by atoms with Crippen molar-refractivity contribution in [2.75, 3.05) is 0 Å². The third-order valence-electron chi connectivity index (χ3n) is 1.44. The predicted molar refractivity (Wildman–Crippen MR) is 37.9 cm³/mol. The van der Waals surface area contributed by atoms with Crippen LogP contribution in [-0.2, 0) is 6.42 Å². The molecule has 1 aromatic rings. The van der Waals surface area contributed by atoms with E-state index in [1.54, 1.807) is 12.3 Å². The average molecular weight is 150 g/mol. The van der Waals surface area contributed by atoms with Crippen molar-refractivity contribution in [3.63, 3.8) is 0 Å². The fourth-order valence-electron chi connectivity index (χ4n) is 0.754. The summed E-state index contributed by atoms with van der Waals surface area (Å²) in [5.41, 5.74) is 1.01. The van der Waals surface area contributed by atoms with Crippen molar-refractivity contribution in [3.05, 3.63) is 29.6 Å². The van der Waals surface area contributed by atoms with Gasteiger partial charge in [0.1, 0.15) is 0 Å². The molecule has 0 amide bonds. The molecule has 1 heterocycles. The number of aromatic carboxylic acids is 1. The summed E-state index contributed by atoms with van der Waals surface area (Å²) in [5.74, 6) is -1.23. The Morgan fingerprint density at radius 3 is 2.73 bits per heavy atom. The Labute approximate surface area is 64.7 Å².